The van der Waals surface area contributed by atoms with Crippen molar-refractivity contribution in [3.63, 3.8) is 0 Å². The maximum atomic E-state index is 13.9. The normalized spacial score (nSPS) is 15.5. The monoisotopic (exact) mass is 635 g/mol. The van der Waals surface area contributed by atoms with E-state index in [9.17, 15) is 26.8 Å². The van der Waals surface area contributed by atoms with Gasteiger partial charge < -0.3 is 19.1 Å². The first kappa shape index (κ1) is 30.3. The standard InChI is InChI=1S/C33H31F2N3O6S/c1-18-23-14-22(35)11-12-27(23)43-30(18)33(40)38-13-5-6-20(17-38)24-15-25-28(16-26(24)37(3)45(4,41)42)44-31(29(25)32(39)36-2)19-7-9-21(34)10-8-19/h7-12,14-16,20H,5-6,13,17H2,1-4H3,(H,36,39). The summed E-state index contributed by atoms with van der Waals surface area (Å²) >= 11 is 0. The molecule has 5 aromatic rings. The molecular formula is C33H31F2N3O6S. The Morgan fingerprint density at radius 3 is 2.38 bits per heavy atom. The summed E-state index contributed by atoms with van der Waals surface area (Å²) in [4.78, 5) is 28.6. The third kappa shape index (κ3) is 5.43. The molecule has 0 spiro atoms. The molecule has 9 nitrogen and oxygen atoms in total. The fraction of sp³-hybridized carbons (Fsp3) is 0.273. The van der Waals surface area contributed by atoms with E-state index < -0.39 is 27.6 Å². The fourth-order valence-corrected chi connectivity index (χ4v) is 6.55. The molecule has 3 heterocycles. The van der Waals surface area contributed by atoms with Crippen molar-refractivity contribution in [3.05, 3.63) is 88.7 Å². The van der Waals surface area contributed by atoms with Gasteiger partial charge in [-0.15, -0.1) is 0 Å². The molecule has 0 aliphatic carbocycles. The number of rotatable bonds is 6. The summed E-state index contributed by atoms with van der Waals surface area (Å²) < 4.78 is 66.3. The zero-order valence-electron chi connectivity index (χ0n) is 25.1. The fourth-order valence-electron chi connectivity index (χ4n) is 6.04. The van der Waals surface area contributed by atoms with E-state index in [2.05, 4.69) is 5.32 Å². The van der Waals surface area contributed by atoms with Gasteiger partial charge in [0.2, 0.25) is 10.0 Å². The molecule has 3 aromatic carbocycles. The highest BCUT2D eigenvalue weighted by Gasteiger charge is 2.33. The lowest BCUT2D eigenvalue weighted by atomic mass is 9.88. The van der Waals surface area contributed by atoms with E-state index in [0.29, 0.717) is 58.1 Å². The minimum Gasteiger partial charge on any atom is -0.455 e. The number of nitrogens with zero attached hydrogens (tertiary/aromatic N) is 2. The number of carbonyl (C=O) groups is 2. The van der Waals surface area contributed by atoms with Gasteiger partial charge in [-0.2, -0.15) is 0 Å². The van der Waals surface area contributed by atoms with Gasteiger partial charge in [-0.1, -0.05) is 0 Å². The molecule has 12 heteroatoms. The van der Waals surface area contributed by atoms with E-state index >= 15 is 0 Å². The van der Waals surface area contributed by atoms with Crippen LogP contribution in [-0.4, -0.2) is 58.6 Å². The highest BCUT2D eigenvalue weighted by atomic mass is 32.2. The number of halogens is 2. The number of piperidine rings is 1. The highest BCUT2D eigenvalue weighted by Crippen LogP contribution is 2.42. The first-order valence-corrected chi connectivity index (χ1v) is 16.2. The Bertz CT molecular complexity index is 2090. The lowest BCUT2D eigenvalue weighted by Crippen LogP contribution is -2.39. The molecule has 234 valence electrons. The summed E-state index contributed by atoms with van der Waals surface area (Å²) in [6, 6.07) is 13.0. The van der Waals surface area contributed by atoms with Crippen molar-refractivity contribution in [3.8, 4) is 11.3 Å². The second-order valence-corrected chi connectivity index (χ2v) is 13.3. The molecule has 45 heavy (non-hydrogen) atoms. The Hall–Kier alpha value is -4.71. The van der Waals surface area contributed by atoms with Gasteiger partial charge in [0.25, 0.3) is 11.8 Å². The van der Waals surface area contributed by atoms with Gasteiger partial charge >= 0.3 is 0 Å². The van der Waals surface area contributed by atoms with Gasteiger partial charge in [0.15, 0.2) is 5.76 Å². The number of aryl methyl sites for hydroxylation is 1. The quantitative estimate of drug-likeness (QED) is 0.238. The molecule has 2 amide bonds. The number of benzene rings is 3. The largest absolute Gasteiger partial charge is 0.455 e. The number of hydrogen-bond acceptors (Lipinski definition) is 6. The van der Waals surface area contributed by atoms with Crippen LogP contribution in [0.15, 0.2) is 63.4 Å². The lowest BCUT2D eigenvalue weighted by Gasteiger charge is -2.34. The average Bonchev–Trinajstić information content (AvgIpc) is 3.56. The number of nitrogens with one attached hydrogen (secondary N) is 1. The number of furan rings is 2. The van der Waals surface area contributed by atoms with Crippen molar-refractivity contribution in [1.82, 2.24) is 10.2 Å². The molecule has 1 unspecified atom stereocenters. The second-order valence-electron chi connectivity index (χ2n) is 11.3. The summed E-state index contributed by atoms with van der Waals surface area (Å²) in [6.45, 7) is 2.41. The van der Waals surface area contributed by atoms with Crippen LogP contribution < -0.4 is 9.62 Å². The molecule has 1 aliphatic rings. The van der Waals surface area contributed by atoms with E-state index in [1.807, 2.05) is 0 Å². The van der Waals surface area contributed by atoms with Crippen LogP contribution >= 0.6 is 0 Å². The van der Waals surface area contributed by atoms with Gasteiger partial charge in [-0.3, -0.25) is 13.9 Å². The van der Waals surface area contributed by atoms with E-state index in [1.54, 1.807) is 24.0 Å². The van der Waals surface area contributed by atoms with Crippen molar-refractivity contribution in [2.75, 3.05) is 37.7 Å². The number of carbonyl (C=O) groups excluding carboxylic acids is 2. The molecular weight excluding hydrogens is 604 g/mol. The Morgan fingerprint density at radius 1 is 0.978 bits per heavy atom. The van der Waals surface area contributed by atoms with Crippen LogP contribution in [0, 0.1) is 18.6 Å². The van der Waals surface area contributed by atoms with Crippen molar-refractivity contribution in [2.24, 2.45) is 0 Å². The Labute approximate surface area is 258 Å². The Morgan fingerprint density at radius 2 is 1.69 bits per heavy atom. The summed E-state index contributed by atoms with van der Waals surface area (Å²) in [7, 11) is -0.795. The maximum absolute atomic E-state index is 13.9. The molecule has 1 saturated heterocycles. The summed E-state index contributed by atoms with van der Waals surface area (Å²) in [5.41, 5.74) is 2.89. The summed E-state index contributed by atoms with van der Waals surface area (Å²) in [5.74, 6) is -1.62. The van der Waals surface area contributed by atoms with Gasteiger partial charge in [0.05, 0.1) is 17.5 Å². The van der Waals surface area contributed by atoms with Crippen LogP contribution in [0.2, 0.25) is 0 Å². The molecule has 0 radical (unpaired) electrons. The van der Waals surface area contributed by atoms with Crippen LogP contribution in [0.1, 0.15) is 50.8 Å². The molecule has 1 N–H and O–H groups in total. The SMILES string of the molecule is CNC(=O)c1c(-c2ccc(F)cc2)oc2cc(N(C)S(C)(=O)=O)c(C3CCCN(C(=O)c4oc5ccc(F)cc5c4C)C3)cc12. The van der Waals surface area contributed by atoms with E-state index in [1.165, 1.54) is 56.6 Å². The van der Waals surface area contributed by atoms with Crippen molar-refractivity contribution >= 4 is 49.5 Å². The van der Waals surface area contributed by atoms with Crippen LogP contribution in [0.3, 0.4) is 0 Å². The molecule has 2 aromatic heterocycles. The Kier molecular flexibility index (Phi) is 7.64. The topological polar surface area (TPSA) is 113 Å². The van der Waals surface area contributed by atoms with Gasteiger partial charge in [-0.05, 0) is 73.9 Å². The number of sulfonamides is 1. The van der Waals surface area contributed by atoms with Crippen molar-refractivity contribution in [1.29, 1.82) is 0 Å². The summed E-state index contributed by atoms with van der Waals surface area (Å²) in [6.07, 6.45) is 2.36. The van der Waals surface area contributed by atoms with Gasteiger partial charge in [0, 0.05) is 61.1 Å². The van der Waals surface area contributed by atoms with Gasteiger partial charge in [-0.25, -0.2) is 17.2 Å². The molecule has 1 atom stereocenters. The molecule has 6 rings (SSSR count). The van der Waals surface area contributed by atoms with Crippen LogP contribution in [0.5, 0.6) is 0 Å². The highest BCUT2D eigenvalue weighted by molar-refractivity contribution is 7.92. The van der Waals surface area contributed by atoms with E-state index in [4.69, 9.17) is 8.83 Å². The molecule has 0 saturated carbocycles. The summed E-state index contributed by atoms with van der Waals surface area (Å²) in [5, 5.41) is 3.61. The van der Waals surface area contributed by atoms with Crippen LogP contribution in [0.4, 0.5) is 14.5 Å². The minimum atomic E-state index is -3.72. The second kappa shape index (κ2) is 11.3. The lowest BCUT2D eigenvalue weighted by molar-refractivity contribution is 0.0676. The number of amides is 2. The number of hydrogen-bond donors (Lipinski definition) is 1. The maximum Gasteiger partial charge on any atom is 0.289 e. The van der Waals surface area contributed by atoms with E-state index in [0.717, 1.165) is 10.6 Å². The first-order chi connectivity index (χ1) is 21.4. The molecule has 1 fully saturated rings. The van der Waals surface area contributed by atoms with Crippen molar-refractivity contribution in [2.45, 2.75) is 25.7 Å². The third-order valence-electron chi connectivity index (χ3n) is 8.48. The zero-order chi connectivity index (χ0) is 32.2. The minimum absolute atomic E-state index is 0.126. The zero-order valence-corrected chi connectivity index (χ0v) is 25.9. The smallest absolute Gasteiger partial charge is 0.289 e. The number of likely N-dealkylation sites (tertiary alicyclic amines) is 1. The predicted molar refractivity (Wildman–Crippen MR) is 167 cm³/mol. The number of fused-ring (bicyclic) bond motifs is 2. The molecule has 0 bridgehead atoms. The third-order valence-corrected chi connectivity index (χ3v) is 9.67. The van der Waals surface area contributed by atoms with Crippen LogP contribution in [0.25, 0.3) is 33.3 Å². The first-order valence-electron chi connectivity index (χ1n) is 14.4. The van der Waals surface area contributed by atoms with Crippen LogP contribution in [-0.2, 0) is 10.0 Å². The predicted octanol–water partition coefficient (Wildman–Crippen LogP) is 6.21. The van der Waals surface area contributed by atoms with E-state index in [-0.39, 0.29) is 41.0 Å². The van der Waals surface area contributed by atoms with Crippen molar-refractivity contribution < 1.29 is 35.6 Å². The Balaban J connectivity index is 1.46. The van der Waals surface area contributed by atoms with Gasteiger partial charge in [0.1, 0.15) is 28.6 Å². The average molecular weight is 636 g/mol. The number of anilines is 1. The molecule has 1 aliphatic heterocycles.